The van der Waals surface area contributed by atoms with E-state index in [-0.39, 0.29) is 12.4 Å². The normalized spacial score (nSPS) is 10.7. The number of urea groups is 1. The van der Waals surface area contributed by atoms with E-state index >= 15 is 0 Å². The summed E-state index contributed by atoms with van der Waals surface area (Å²) in [6.45, 7) is 0.0437. The maximum atomic E-state index is 14.0. The summed E-state index contributed by atoms with van der Waals surface area (Å²) in [5, 5.41) is 1.71. The molecule has 0 aliphatic carbocycles. The Morgan fingerprint density at radius 1 is 1.26 bits per heavy atom. The van der Waals surface area contributed by atoms with Gasteiger partial charge in [0.25, 0.3) is 0 Å². The van der Waals surface area contributed by atoms with Gasteiger partial charge in [0.15, 0.2) is 0 Å². The highest BCUT2D eigenvalue weighted by Gasteiger charge is 2.17. The fourth-order valence-electron chi connectivity index (χ4n) is 2.46. The monoisotopic (exact) mass is 373 g/mol. The van der Waals surface area contributed by atoms with Gasteiger partial charge in [-0.05, 0) is 30.3 Å². The number of nitrogens with two attached hydrogens (primary N) is 1. The first-order valence-electron chi connectivity index (χ1n) is 6.90. The first kappa shape index (κ1) is 15.4. The molecule has 0 aliphatic heterocycles. The van der Waals surface area contributed by atoms with E-state index in [0.29, 0.717) is 11.3 Å². The molecular formula is C17H13BrFN3O. The minimum absolute atomic E-state index is 0.0437. The molecule has 3 rings (SSSR count). The van der Waals surface area contributed by atoms with Crippen LogP contribution in [-0.4, -0.2) is 11.0 Å². The smallest absolute Gasteiger partial charge is 0.319 e. The van der Waals surface area contributed by atoms with Gasteiger partial charge >= 0.3 is 6.03 Å². The van der Waals surface area contributed by atoms with E-state index in [2.05, 4.69) is 20.9 Å². The Kier molecular flexibility index (Phi) is 4.25. The van der Waals surface area contributed by atoms with Crippen LogP contribution in [0.5, 0.6) is 0 Å². The molecule has 0 atom stereocenters. The molecule has 6 heteroatoms. The molecule has 2 N–H and O–H groups in total. The fourth-order valence-corrected chi connectivity index (χ4v) is 2.87. The molecule has 3 aromatic rings. The van der Waals surface area contributed by atoms with Crippen LogP contribution in [0.4, 0.5) is 14.9 Å². The van der Waals surface area contributed by atoms with Crippen molar-refractivity contribution in [1.29, 1.82) is 0 Å². The third-order valence-corrected chi connectivity index (χ3v) is 4.04. The van der Waals surface area contributed by atoms with Crippen molar-refractivity contribution in [2.24, 2.45) is 5.73 Å². The van der Waals surface area contributed by atoms with Crippen molar-refractivity contribution < 1.29 is 9.18 Å². The summed E-state index contributed by atoms with van der Waals surface area (Å²) in [6, 6.07) is 11.2. The maximum Gasteiger partial charge on any atom is 0.319 e. The van der Waals surface area contributed by atoms with Crippen molar-refractivity contribution >= 4 is 38.4 Å². The summed E-state index contributed by atoms with van der Waals surface area (Å²) < 4.78 is 14.7. The molecule has 0 spiro atoms. The summed E-state index contributed by atoms with van der Waals surface area (Å²) >= 11 is 3.31. The van der Waals surface area contributed by atoms with Crippen LogP contribution < -0.4 is 10.6 Å². The van der Waals surface area contributed by atoms with Crippen LogP contribution in [0.1, 0.15) is 5.56 Å². The van der Waals surface area contributed by atoms with Crippen molar-refractivity contribution in [2.75, 3.05) is 4.90 Å². The van der Waals surface area contributed by atoms with Gasteiger partial charge < -0.3 is 5.73 Å². The zero-order valence-corrected chi connectivity index (χ0v) is 13.6. The fraction of sp³-hybridized carbons (Fsp3) is 0.0588. The third-order valence-electron chi connectivity index (χ3n) is 3.55. The first-order chi connectivity index (χ1) is 11.1. The molecule has 0 fully saturated rings. The SMILES string of the molecule is NC(=O)N(Cc1cc(Br)ccc1F)c1cccc2cnccc12. The van der Waals surface area contributed by atoms with E-state index in [9.17, 15) is 9.18 Å². The van der Waals surface area contributed by atoms with Gasteiger partial charge in [-0.15, -0.1) is 0 Å². The molecule has 0 aliphatic rings. The molecule has 1 heterocycles. The summed E-state index contributed by atoms with van der Waals surface area (Å²) in [5.74, 6) is -0.388. The molecule has 23 heavy (non-hydrogen) atoms. The number of hydrogen-bond donors (Lipinski definition) is 1. The molecule has 0 saturated heterocycles. The Morgan fingerprint density at radius 3 is 2.87 bits per heavy atom. The molecule has 1 aromatic heterocycles. The van der Waals surface area contributed by atoms with E-state index in [0.717, 1.165) is 15.2 Å². The molecule has 4 nitrogen and oxygen atoms in total. The maximum absolute atomic E-state index is 14.0. The van der Waals surface area contributed by atoms with E-state index in [1.54, 1.807) is 36.7 Å². The number of aromatic nitrogens is 1. The molecule has 0 saturated carbocycles. The minimum atomic E-state index is -0.645. The van der Waals surface area contributed by atoms with Gasteiger partial charge in [-0.3, -0.25) is 9.88 Å². The first-order valence-corrected chi connectivity index (χ1v) is 7.69. The predicted molar refractivity (Wildman–Crippen MR) is 91.6 cm³/mol. The summed E-state index contributed by atoms with van der Waals surface area (Å²) in [7, 11) is 0. The van der Waals surface area contributed by atoms with Crippen LogP contribution in [-0.2, 0) is 6.54 Å². The average molecular weight is 374 g/mol. The second kappa shape index (κ2) is 6.34. The van der Waals surface area contributed by atoms with Gasteiger partial charge in [-0.1, -0.05) is 28.1 Å². The van der Waals surface area contributed by atoms with Crippen molar-refractivity contribution in [1.82, 2.24) is 4.98 Å². The lowest BCUT2D eigenvalue weighted by Crippen LogP contribution is -2.35. The van der Waals surface area contributed by atoms with Crippen molar-refractivity contribution in [3.8, 4) is 0 Å². The Morgan fingerprint density at radius 2 is 2.09 bits per heavy atom. The number of benzene rings is 2. The molecule has 2 amide bonds. The molecule has 2 aromatic carbocycles. The lowest BCUT2D eigenvalue weighted by molar-refractivity contribution is 0.253. The largest absolute Gasteiger partial charge is 0.351 e. The van der Waals surface area contributed by atoms with Gasteiger partial charge in [0.2, 0.25) is 0 Å². The molecule has 0 bridgehead atoms. The number of amides is 2. The predicted octanol–water partition coefficient (Wildman–Crippen LogP) is 4.22. The second-order valence-electron chi connectivity index (χ2n) is 5.03. The summed E-state index contributed by atoms with van der Waals surface area (Å²) in [6.07, 6.45) is 3.35. The van der Waals surface area contributed by atoms with E-state index in [4.69, 9.17) is 5.73 Å². The van der Waals surface area contributed by atoms with Crippen molar-refractivity contribution in [2.45, 2.75) is 6.54 Å². The number of pyridine rings is 1. The van der Waals surface area contributed by atoms with Gasteiger partial charge in [0.05, 0.1) is 12.2 Å². The molecule has 116 valence electrons. The number of halogens is 2. The van der Waals surface area contributed by atoms with Crippen LogP contribution >= 0.6 is 15.9 Å². The summed E-state index contributed by atoms with van der Waals surface area (Å²) in [4.78, 5) is 17.4. The molecule has 0 unspecified atom stereocenters. The number of rotatable bonds is 3. The Bertz CT molecular complexity index is 879. The number of nitrogens with zero attached hydrogens (tertiary/aromatic N) is 2. The highest BCUT2D eigenvalue weighted by molar-refractivity contribution is 9.10. The minimum Gasteiger partial charge on any atom is -0.351 e. The number of carbonyl (C=O) groups excluding carboxylic acids is 1. The summed E-state index contributed by atoms with van der Waals surface area (Å²) in [5.41, 5.74) is 6.53. The van der Waals surface area contributed by atoms with Gasteiger partial charge in [0, 0.05) is 33.2 Å². The number of hydrogen-bond acceptors (Lipinski definition) is 2. The topological polar surface area (TPSA) is 59.2 Å². The van der Waals surface area contributed by atoms with Crippen LogP contribution in [0.3, 0.4) is 0 Å². The third kappa shape index (κ3) is 3.17. The zero-order valence-electron chi connectivity index (χ0n) is 12.0. The number of anilines is 1. The van der Waals surface area contributed by atoms with E-state index in [1.165, 1.54) is 11.0 Å². The van der Waals surface area contributed by atoms with E-state index < -0.39 is 6.03 Å². The Hall–Kier alpha value is -2.47. The van der Waals surface area contributed by atoms with E-state index in [1.807, 2.05) is 12.1 Å². The quantitative estimate of drug-likeness (QED) is 0.746. The zero-order chi connectivity index (χ0) is 16.4. The number of carbonyl (C=O) groups is 1. The lowest BCUT2D eigenvalue weighted by Gasteiger charge is -2.22. The second-order valence-corrected chi connectivity index (χ2v) is 5.95. The highest BCUT2D eigenvalue weighted by atomic mass is 79.9. The van der Waals surface area contributed by atoms with Crippen LogP contribution in [0.25, 0.3) is 10.8 Å². The van der Waals surface area contributed by atoms with Crippen molar-refractivity contribution in [3.05, 3.63) is 70.7 Å². The standard InChI is InChI=1S/C17H13BrFN3O/c18-13-4-5-15(19)12(8-13)10-22(17(20)23)16-3-1-2-11-9-21-7-6-14(11)16/h1-9H,10H2,(H2,20,23). The Balaban J connectivity index is 2.08. The number of primary amides is 1. The van der Waals surface area contributed by atoms with Gasteiger partial charge in [-0.25, -0.2) is 9.18 Å². The van der Waals surface area contributed by atoms with Gasteiger partial charge in [-0.2, -0.15) is 0 Å². The molecular weight excluding hydrogens is 361 g/mol. The van der Waals surface area contributed by atoms with Crippen LogP contribution in [0.15, 0.2) is 59.3 Å². The van der Waals surface area contributed by atoms with Crippen LogP contribution in [0, 0.1) is 5.82 Å². The van der Waals surface area contributed by atoms with Crippen molar-refractivity contribution in [3.63, 3.8) is 0 Å². The molecule has 0 radical (unpaired) electrons. The number of fused-ring (bicyclic) bond motifs is 1. The average Bonchev–Trinajstić information content (AvgIpc) is 2.55. The Labute approximate surface area is 140 Å². The van der Waals surface area contributed by atoms with Crippen LogP contribution in [0.2, 0.25) is 0 Å². The van der Waals surface area contributed by atoms with Gasteiger partial charge in [0.1, 0.15) is 5.82 Å². The lowest BCUT2D eigenvalue weighted by atomic mass is 10.1. The highest BCUT2D eigenvalue weighted by Crippen LogP contribution is 2.28.